The Morgan fingerprint density at radius 3 is 2.25 bits per heavy atom. The van der Waals surface area contributed by atoms with E-state index in [0.29, 0.717) is 0 Å². The van der Waals surface area contributed by atoms with Gasteiger partial charge in [0.25, 0.3) is 0 Å². The molecule has 0 saturated carbocycles. The summed E-state index contributed by atoms with van der Waals surface area (Å²) >= 11 is 0. The van der Waals surface area contributed by atoms with Crippen LogP contribution in [0.5, 0.6) is 0 Å². The molecule has 0 aliphatic heterocycles. The van der Waals surface area contributed by atoms with Gasteiger partial charge in [-0.15, -0.1) is 0 Å². The molecule has 5 heteroatoms. The Morgan fingerprint density at radius 1 is 1.17 bits per heavy atom. The molecule has 0 aliphatic rings. The number of benzene rings is 1. The maximum absolute atomic E-state index is 8.41. The predicted molar refractivity (Wildman–Crippen MR) is 42.6 cm³/mol. The van der Waals surface area contributed by atoms with Gasteiger partial charge >= 0.3 is 8.60 Å². The first-order valence-corrected chi connectivity index (χ1v) is 4.30. The van der Waals surface area contributed by atoms with E-state index in [2.05, 4.69) is 4.52 Å². The van der Waals surface area contributed by atoms with E-state index in [9.17, 15) is 0 Å². The topological polar surface area (TPSA) is 49.7 Å². The van der Waals surface area contributed by atoms with Gasteiger partial charge in [-0.1, -0.05) is 30.3 Å². The van der Waals surface area contributed by atoms with Gasteiger partial charge in [0.15, 0.2) is 0 Å². The normalized spacial score (nSPS) is 9.58. The molecule has 62 valence electrons. The summed E-state index contributed by atoms with van der Waals surface area (Å²) < 4.78 is 4.60. The van der Waals surface area contributed by atoms with E-state index in [1.807, 2.05) is 30.3 Å². The number of rotatable bonds is 3. The molecule has 0 aromatic heterocycles. The number of hydrogen-bond acceptors (Lipinski definition) is 3. The minimum Gasteiger partial charge on any atom is -0.328 e. The molecule has 0 saturated heterocycles. The summed E-state index contributed by atoms with van der Waals surface area (Å²) in [5.41, 5.74) is 0.933. The van der Waals surface area contributed by atoms with Gasteiger partial charge in [-0.25, -0.2) is 0 Å². The van der Waals surface area contributed by atoms with E-state index >= 15 is 0 Å². The fourth-order valence-electron chi connectivity index (χ4n) is 0.707. The second-order valence-electron chi connectivity index (χ2n) is 2.01. The van der Waals surface area contributed by atoms with Gasteiger partial charge < -0.3 is 14.3 Å². The molecule has 1 aromatic carbocycles. The van der Waals surface area contributed by atoms with Crippen LogP contribution in [0.3, 0.4) is 0 Å². The van der Waals surface area contributed by atoms with Crippen molar-refractivity contribution in [1.29, 1.82) is 0 Å². The molecule has 1 aromatic rings. The number of hydrogen-bond donors (Lipinski definition) is 2. The monoisotopic (exact) mass is 286 g/mol. The van der Waals surface area contributed by atoms with Crippen LogP contribution in [0.4, 0.5) is 0 Å². The van der Waals surface area contributed by atoms with Crippen molar-refractivity contribution in [2.75, 3.05) is 0 Å². The Labute approximate surface area is 92.5 Å². The molecule has 1 rings (SSSR count). The summed E-state index contributed by atoms with van der Waals surface area (Å²) in [6.45, 7) is 0.250. The minimum atomic E-state index is -2.22. The van der Waals surface area contributed by atoms with Crippen molar-refractivity contribution in [3.63, 3.8) is 0 Å². The van der Waals surface area contributed by atoms with Crippen molar-refractivity contribution >= 4 is 8.60 Å². The Balaban J connectivity index is 0.00000121. The van der Waals surface area contributed by atoms with Crippen molar-refractivity contribution in [3.8, 4) is 0 Å². The second-order valence-corrected chi connectivity index (χ2v) is 2.78. The smallest absolute Gasteiger partial charge is 0.327 e. The Kier molecular flexibility index (Phi) is 7.17. The maximum atomic E-state index is 8.41. The molecule has 0 amide bonds. The molecule has 3 nitrogen and oxygen atoms in total. The summed E-state index contributed by atoms with van der Waals surface area (Å²) in [5.74, 6) is 0. The molecular weight excluding hydrogens is 275 g/mol. The van der Waals surface area contributed by atoms with Gasteiger partial charge in [-0.2, -0.15) is 0 Å². The van der Waals surface area contributed by atoms with E-state index in [1.54, 1.807) is 0 Å². The van der Waals surface area contributed by atoms with Gasteiger partial charge in [-0.3, -0.25) is 0 Å². The SMILES string of the molecule is OP(O)OCc1ccccc1.[Cd]. The van der Waals surface area contributed by atoms with Crippen LogP contribution >= 0.6 is 8.60 Å². The molecule has 0 spiro atoms. The quantitative estimate of drug-likeness (QED) is 0.652. The fourth-order valence-corrected chi connectivity index (χ4v) is 0.971. The van der Waals surface area contributed by atoms with Crippen LogP contribution < -0.4 is 0 Å². The third-order valence-electron chi connectivity index (χ3n) is 1.19. The third-order valence-corrected chi connectivity index (χ3v) is 1.55. The van der Waals surface area contributed by atoms with Gasteiger partial charge in [0, 0.05) is 27.3 Å². The molecule has 12 heavy (non-hydrogen) atoms. The van der Waals surface area contributed by atoms with Crippen molar-refractivity contribution in [2.45, 2.75) is 6.61 Å². The third kappa shape index (κ3) is 5.16. The molecule has 0 atom stereocenters. The minimum absolute atomic E-state index is 0. The van der Waals surface area contributed by atoms with E-state index in [4.69, 9.17) is 9.79 Å². The molecule has 0 fully saturated rings. The fraction of sp³-hybridized carbons (Fsp3) is 0.143. The van der Waals surface area contributed by atoms with Crippen LogP contribution in [0.15, 0.2) is 30.3 Å². The van der Waals surface area contributed by atoms with Crippen molar-refractivity contribution in [1.82, 2.24) is 0 Å². The second kappa shape index (κ2) is 6.91. The summed E-state index contributed by atoms with van der Waals surface area (Å²) in [6.07, 6.45) is 0. The van der Waals surface area contributed by atoms with E-state index < -0.39 is 8.60 Å². The summed E-state index contributed by atoms with van der Waals surface area (Å²) in [5, 5.41) is 0. The zero-order valence-electron chi connectivity index (χ0n) is 6.55. The Morgan fingerprint density at radius 2 is 1.75 bits per heavy atom. The van der Waals surface area contributed by atoms with Crippen LogP contribution in [0.25, 0.3) is 0 Å². The summed E-state index contributed by atoms with van der Waals surface area (Å²) in [4.78, 5) is 16.8. The van der Waals surface area contributed by atoms with E-state index in [0.717, 1.165) is 5.56 Å². The zero-order chi connectivity index (χ0) is 8.10. The van der Waals surface area contributed by atoms with Crippen LogP contribution in [0.1, 0.15) is 5.56 Å². The Hall–Kier alpha value is 0.452. The molecule has 2 N–H and O–H groups in total. The van der Waals surface area contributed by atoms with Crippen molar-refractivity contribution in [3.05, 3.63) is 35.9 Å². The van der Waals surface area contributed by atoms with Crippen LogP contribution in [-0.2, 0) is 38.4 Å². The summed E-state index contributed by atoms with van der Waals surface area (Å²) in [7, 11) is -2.22. The molecule has 0 unspecified atom stereocenters. The average Bonchev–Trinajstić information content (AvgIpc) is 2.03. The van der Waals surface area contributed by atoms with Crippen molar-refractivity contribution in [2.24, 2.45) is 0 Å². The largest absolute Gasteiger partial charge is 0.328 e. The first-order valence-electron chi connectivity index (χ1n) is 3.14. The van der Waals surface area contributed by atoms with Crippen LogP contribution in [-0.4, -0.2) is 9.79 Å². The van der Waals surface area contributed by atoms with Crippen LogP contribution in [0.2, 0.25) is 0 Å². The molecule has 0 bridgehead atoms. The van der Waals surface area contributed by atoms with Gasteiger partial charge in [-0.05, 0) is 5.56 Å². The van der Waals surface area contributed by atoms with E-state index in [1.165, 1.54) is 0 Å². The molecule has 0 heterocycles. The molecule has 0 radical (unpaired) electrons. The summed E-state index contributed by atoms with van der Waals surface area (Å²) in [6, 6.07) is 9.35. The van der Waals surface area contributed by atoms with E-state index in [-0.39, 0.29) is 33.9 Å². The molecule has 0 aliphatic carbocycles. The standard InChI is InChI=1S/C7H9O3P.Cd/c8-11(9)10-6-7-4-2-1-3-5-7;/h1-5,8-9H,6H2;. The van der Waals surface area contributed by atoms with Gasteiger partial charge in [0.2, 0.25) is 0 Å². The van der Waals surface area contributed by atoms with Gasteiger partial charge in [0.1, 0.15) is 0 Å². The first kappa shape index (κ1) is 12.5. The zero-order valence-corrected chi connectivity index (χ0v) is 11.5. The van der Waals surface area contributed by atoms with Gasteiger partial charge in [0.05, 0.1) is 6.61 Å². The first-order chi connectivity index (χ1) is 5.29. The average molecular weight is 285 g/mol. The molecular formula is C7H9CdO3P. The predicted octanol–water partition coefficient (Wildman–Crippen LogP) is 1.41. The maximum Gasteiger partial charge on any atom is 0.327 e. The van der Waals surface area contributed by atoms with Crippen molar-refractivity contribution < 1.29 is 41.6 Å². The van der Waals surface area contributed by atoms with Crippen LogP contribution in [0, 0.1) is 0 Å². The Bertz CT molecular complexity index is 205.